The fourth-order valence-corrected chi connectivity index (χ4v) is 3.31. The summed E-state index contributed by atoms with van der Waals surface area (Å²) in [5.41, 5.74) is 2.27. The van der Waals surface area contributed by atoms with Crippen molar-refractivity contribution in [3.8, 4) is 0 Å². The molecular weight excluding hydrogens is 248 g/mol. The molecule has 18 heavy (non-hydrogen) atoms. The zero-order chi connectivity index (χ0) is 12.5. The van der Waals surface area contributed by atoms with Gasteiger partial charge in [0, 0.05) is 37.2 Å². The summed E-state index contributed by atoms with van der Waals surface area (Å²) >= 11 is 6.04. The molecule has 1 heterocycles. The predicted molar refractivity (Wildman–Crippen MR) is 73.0 cm³/mol. The Bertz CT molecular complexity index is 432. The normalized spacial score (nSPS) is 29.0. The third kappa shape index (κ3) is 2.28. The van der Waals surface area contributed by atoms with Crippen molar-refractivity contribution in [2.45, 2.75) is 25.0 Å². The summed E-state index contributed by atoms with van der Waals surface area (Å²) in [4.78, 5) is 2.41. The van der Waals surface area contributed by atoms with E-state index in [-0.39, 0.29) is 6.04 Å². The highest BCUT2D eigenvalue weighted by Crippen LogP contribution is 2.34. The van der Waals surface area contributed by atoms with E-state index >= 15 is 0 Å². The van der Waals surface area contributed by atoms with Gasteiger partial charge in [0.1, 0.15) is 0 Å². The largest absolute Gasteiger partial charge is 0.387 e. The van der Waals surface area contributed by atoms with E-state index in [4.69, 9.17) is 11.6 Å². The molecule has 0 saturated carbocycles. The molecular formula is C14H19ClN2O. The zero-order valence-electron chi connectivity index (χ0n) is 10.4. The van der Waals surface area contributed by atoms with Crippen molar-refractivity contribution in [2.75, 3.05) is 26.2 Å². The van der Waals surface area contributed by atoms with E-state index < -0.39 is 6.10 Å². The van der Waals surface area contributed by atoms with Gasteiger partial charge in [-0.05, 0) is 36.1 Å². The average Bonchev–Trinajstić information content (AvgIpc) is 2.41. The fourth-order valence-electron chi connectivity index (χ4n) is 3.13. The van der Waals surface area contributed by atoms with Crippen LogP contribution in [0.1, 0.15) is 23.7 Å². The molecule has 2 N–H and O–H groups in total. The molecule has 2 aliphatic rings. The monoisotopic (exact) mass is 266 g/mol. The van der Waals surface area contributed by atoms with Crippen LogP contribution in [0.3, 0.4) is 0 Å². The smallest absolute Gasteiger partial charge is 0.0948 e. The van der Waals surface area contributed by atoms with Crippen molar-refractivity contribution in [1.29, 1.82) is 0 Å². The summed E-state index contributed by atoms with van der Waals surface area (Å²) in [7, 11) is 0. The number of halogens is 1. The van der Waals surface area contributed by atoms with Crippen molar-refractivity contribution >= 4 is 11.6 Å². The van der Waals surface area contributed by atoms with E-state index in [1.165, 1.54) is 5.56 Å². The molecule has 0 aromatic heterocycles. The lowest BCUT2D eigenvalue weighted by molar-refractivity contribution is 0.0297. The van der Waals surface area contributed by atoms with Crippen LogP contribution in [-0.4, -0.2) is 42.2 Å². The summed E-state index contributed by atoms with van der Waals surface area (Å²) in [6.45, 7) is 4.09. The lowest BCUT2D eigenvalue weighted by atomic mass is 9.85. The van der Waals surface area contributed by atoms with Gasteiger partial charge in [-0.1, -0.05) is 17.7 Å². The maximum Gasteiger partial charge on any atom is 0.0948 e. The van der Waals surface area contributed by atoms with Gasteiger partial charge in [-0.25, -0.2) is 0 Å². The minimum atomic E-state index is -0.398. The predicted octanol–water partition coefficient (Wildman–Crippen LogP) is 1.59. The highest BCUT2D eigenvalue weighted by molar-refractivity contribution is 6.30. The van der Waals surface area contributed by atoms with Crippen LogP contribution in [0, 0.1) is 0 Å². The van der Waals surface area contributed by atoms with Crippen LogP contribution in [0.15, 0.2) is 18.2 Å². The molecule has 0 spiro atoms. The lowest BCUT2D eigenvalue weighted by Crippen LogP contribution is -2.51. The summed E-state index contributed by atoms with van der Waals surface area (Å²) in [6.07, 6.45) is 1.68. The van der Waals surface area contributed by atoms with Crippen molar-refractivity contribution in [3.05, 3.63) is 34.3 Å². The van der Waals surface area contributed by atoms with E-state index in [0.29, 0.717) is 5.02 Å². The van der Waals surface area contributed by atoms with Crippen LogP contribution in [0.2, 0.25) is 5.02 Å². The number of rotatable bonds is 1. The van der Waals surface area contributed by atoms with E-state index in [2.05, 4.69) is 16.3 Å². The van der Waals surface area contributed by atoms with Gasteiger partial charge in [0.05, 0.1) is 6.10 Å². The molecule has 1 aromatic rings. The standard InChI is InChI=1S/C14H19ClN2O/c15-11-3-1-10-2-4-13(14(18)12(10)9-11)17-7-5-16-6-8-17/h1,3,9,13-14,16,18H,2,4-8H2. The van der Waals surface area contributed by atoms with Crippen molar-refractivity contribution < 1.29 is 5.11 Å². The first-order chi connectivity index (χ1) is 8.75. The van der Waals surface area contributed by atoms with Gasteiger partial charge in [-0.2, -0.15) is 0 Å². The molecule has 98 valence electrons. The van der Waals surface area contributed by atoms with E-state index in [0.717, 1.165) is 44.6 Å². The highest BCUT2D eigenvalue weighted by atomic mass is 35.5. The molecule has 2 unspecified atom stereocenters. The Morgan fingerprint density at radius 1 is 1.28 bits per heavy atom. The summed E-state index contributed by atoms with van der Waals surface area (Å²) < 4.78 is 0. The molecule has 1 saturated heterocycles. The van der Waals surface area contributed by atoms with Gasteiger partial charge in [0.25, 0.3) is 0 Å². The molecule has 3 nitrogen and oxygen atoms in total. The Kier molecular flexibility index (Phi) is 3.57. The number of hydrogen-bond donors (Lipinski definition) is 2. The second-order valence-corrected chi connectivity index (χ2v) is 5.62. The van der Waals surface area contributed by atoms with Gasteiger partial charge >= 0.3 is 0 Å². The van der Waals surface area contributed by atoms with E-state index in [1.807, 2.05) is 12.1 Å². The van der Waals surface area contributed by atoms with Crippen LogP contribution >= 0.6 is 11.6 Å². The second-order valence-electron chi connectivity index (χ2n) is 5.18. The summed E-state index contributed by atoms with van der Waals surface area (Å²) in [6, 6.07) is 6.14. The number of nitrogens with one attached hydrogen (secondary N) is 1. The van der Waals surface area contributed by atoms with Crippen LogP contribution in [-0.2, 0) is 6.42 Å². The quantitative estimate of drug-likeness (QED) is 0.810. The number of hydrogen-bond acceptors (Lipinski definition) is 3. The summed E-state index contributed by atoms with van der Waals surface area (Å²) in [5.74, 6) is 0. The Morgan fingerprint density at radius 3 is 2.83 bits per heavy atom. The molecule has 3 rings (SSSR count). The number of piperazine rings is 1. The van der Waals surface area contributed by atoms with E-state index in [9.17, 15) is 5.11 Å². The third-order valence-electron chi connectivity index (χ3n) is 4.12. The van der Waals surface area contributed by atoms with Gasteiger partial charge in [-0.15, -0.1) is 0 Å². The number of aliphatic hydroxyl groups is 1. The minimum absolute atomic E-state index is 0.248. The number of fused-ring (bicyclic) bond motifs is 1. The first-order valence-corrected chi connectivity index (χ1v) is 7.04. The van der Waals surface area contributed by atoms with Crippen LogP contribution in [0.4, 0.5) is 0 Å². The van der Waals surface area contributed by atoms with Crippen LogP contribution in [0.5, 0.6) is 0 Å². The molecule has 4 heteroatoms. The zero-order valence-corrected chi connectivity index (χ0v) is 11.2. The summed E-state index contributed by atoms with van der Waals surface area (Å²) in [5, 5.41) is 14.6. The Balaban J connectivity index is 1.83. The average molecular weight is 267 g/mol. The number of nitrogens with zero attached hydrogens (tertiary/aromatic N) is 1. The van der Waals surface area contributed by atoms with E-state index in [1.54, 1.807) is 0 Å². The third-order valence-corrected chi connectivity index (χ3v) is 4.36. The van der Waals surface area contributed by atoms with Crippen LogP contribution < -0.4 is 5.32 Å². The molecule has 1 aromatic carbocycles. The van der Waals surface area contributed by atoms with Gasteiger partial charge in [0.15, 0.2) is 0 Å². The maximum absolute atomic E-state index is 10.6. The first kappa shape index (κ1) is 12.4. The maximum atomic E-state index is 10.6. The molecule has 0 radical (unpaired) electrons. The topological polar surface area (TPSA) is 35.5 Å². The Morgan fingerprint density at radius 2 is 2.06 bits per heavy atom. The highest BCUT2D eigenvalue weighted by Gasteiger charge is 2.32. The SMILES string of the molecule is OC1c2cc(Cl)ccc2CCC1N1CCNCC1. The molecule has 2 atom stereocenters. The molecule has 1 fully saturated rings. The number of aryl methyl sites for hydroxylation is 1. The molecule has 1 aliphatic heterocycles. The van der Waals surface area contributed by atoms with Gasteiger partial charge in [-0.3, -0.25) is 4.90 Å². The number of benzene rings is 1. The number of aliphatic hydroxyl groups excluding tert-OH is 1. The van der Waals surface area contributed by atoms with Crippen molar-refractivity contribution in [2.24, 2.45) is 0 Å². The first-order valence-electron chi connectivity index (χ1n) is 6.67. The van der Waals surface area contributed by atoms with Crippen molar-refractivity contribution in [1.82, 2.24) is 10.2 Å². The fraction of sp³-hybridized carbons (Fsp3) is 0.571. The second kappa shape index (κ2) is 5.17. The molecule has 0 amide bonds. The molecule has 0 bridgehead atoms. The Hall–Kier alpha value is -0.610. The minimum Gasteiger partial charge on any atom is -0.387 e. The van der Waals surface area contributed by atoms with Gasteiger partial charge in [0.2, 0.25) is 0 Å². The van der Waals surface area contributed by atoms with Gasteiger partial charge < -0.3 is 10.4 Å². The van der Waals surface area contributed by atoms with Crippen molar-refractivity contribution in [3.63, 3.8) is 0 Å². The van der Waals surface area contributed by atoms with Crippen LogP contribution in [0.25, 0.3) is 0 Å². The Labute approximate surface area is 113 Å². The lowest BCUT2D eigenvalue weighted by Gasteiger charge is -2.40. The molecule has 1 aliphatic carbocycles.